The number of halogens is 1. The normalized spacial score (nSPS) is 16.9. The summed E-state index contributed by atoms with van der Waals surface area (Å²) in [5.41, 5.74) is 3.08. The van der Waals surface area contributed by atoms with Crippen LogP contribution >= 0.6 is 11.6 Å². The summed E-state index contributed by atoms with van der Waals surface area (Å²) in [7, 11) is 0. The van der Waals surface area contributed by atoms with E-state index in [1.807, 2.05) is 42.5 Å². The Labute approximate surface area is 176 Å². The highest BCUT2D eigenvalue weighted by Crippen LogP contribution is 2.20. The molecule has 0 saturated heterocycles. The Balaban J connectivity index is 1.59. The molecule has 3 rings (SSSR count). The molecule has 1 N–H and O–H groups in total. The smallest absolute Gasteiger partial charge is 0.145 e. The van der Waals surface area contributed by atoms with E-state index in [2.05, 4.69) is 28.1 Å². The standard InChI is InChI=1S/C23H25ClN2O3/c1-2-12-28-17-21(27)15-26(14-18-6-4-3-5-7-18)16-22-13-23(25-29-22)19-8-10-20(24)11-9-19/h1,3-11,21-22,27H,12-17H2/t21-,22+/m1/s1. The largest absolute Gasteiger partial charge is 0.390 e. The maximum Gasteiger partial charge on any atom is 0.145 e. The van der Waals surface area contributed by atoms with E-state index in [4.69, 9.17) is 27.6 Å². The van der Waals surface area contributed by atoms with Crippen molar-refractivity contribution in [3.05, 3.63) is 70.7 Å². The van der Waals surface area contributed by atoms with Crippen LogP contribution in [0.4, 0.5) is 0 Å². The van der Waals surface area contributed by atoms with Gasteiger partial charge in [0.2, 0.25) is 0 Å². The van der Waals surface area contributed by atoms with Crippen molar-refractivity contribution in [2.45, 2.75) is 25.2 Å². The van der Waals surface area contributed by atoms with E-state index >= 15 is 0 Å². The van der Waals surface area contributed by atoms with Crippen LogP contribution in [0.5, 0.6) is 0 Å². The number of hydrogen-bond donors (Lipinski definition) is 1. The summed E-state index contributed by atoms with van der Waals surface area (Å²) in [6.45, 7) is 2.19. The van der Waals surface area contributed by atoms with E-state index < -0.39 is 6.10 Å². The van der Waals surface area contributed by atoms with Crippen LogP contribution in [0.15, 0.2) is 59.8 Å². The zero-order valence-corrected chi connectivity index (χ0v) is 17.0. The molecule has 0 saturated carbocycles. The van der Waals surface area contributed by atoms with Crippen molar-refractivity contribution in [3.63, 3.8) is 0 Å². The Bertz CT molecular complexity index is 833. The molecule has 2 aromatic rings. The van der Waals surface area contributed by atoms with E-state index in [0.717, 1.165) is 11.3 Å². The highest BCUT2D eigenvalue weighted by molar-refractivity contribution is 6.30. The van der Waals surface area contributed by atoms with Crippen molar-refractivity contribution in [1.82, 2.24) is 4.90 Å². The number of benzene rings is 2. The lowest BCUT2D eigenvalue weighted by atomic mass is 10.0. The third-order valence-electron chi connectivity index (χ3n) is 4.59. The molecular weight excluding hydrogens is 388 g/mol. The molecule has 152 valence electrons. The van der Waals surface area contributed by atoms with Crippen molar-refractivity contribution in [1.29, 1.82) is 0 Å². The van der Waals surface area contributed by atoms with E-state index in [-0.39, 0.29) is 19.3 Å². The average molecular weight is 413 g/mol. The van der Waals surface area contributed by atoms with Gasteiger partial charge in [0, 0.05) is 31.1 Å². The minimum Gasteiger partial charge on any atom is -0.390 e. The van der Waals surface area contributed by atoms with Crippen LogP contribution in [0.2, 0.25) is 5.02 Å². The first-order valence-electron chi connectivity index (χ1n) is 9.58. The maximum atomic E-state index is 10.3. The Morgan fingerprint density at radius 1 is 1.24 bits per heavy atom. The molecule has 2 aromatic carbocycles. The van der Waals surface area contributed by atoms with Gasteiger partial charge in [0.05, 0.1) is 18.4 Å². The summed E-state index contributed by atoms with van der Waals surface area (Å²) >= 11 is 5.96. The van der Waals surface area contributed by atoms with Gasteiger partial charge in [0.25, 0.3) is 0 Å². The predicted octanol–water partition coefficient (Wildman–Crippen LogP) is 3.35. The zero-order chi connectivity index (χ0) is 20.5. The molecule has 29 heavy (non-hydrogen) atoms. The second-order valence-electron chi connectivity index (χ2n) is 7.03. The highest BCUT2D eigenvalue weighted by Gasteiger charge is 2.25. The summed E-state index contributed by atoms with van der Waals surface area (Å²) in [5, 5.41) is 15.3. The minimum atomic E-state index is -0.634. The van der Waals surface area contributed by atoms with Gasteiger partial charge in [-0.1, -0.05) is 65.1 Å². The summed E-state index contributed by atoms with van der Waals surface area (Å²) < 4.78 is 5.27. The molecule has 0 bridgehead atoms. The summed E-state index contributed by atoms with van der Waals surface area (Å²) in [6, 6.07) is 17.7. The maximum absolute atomic E-state index is 10.3. The van der Waals surface area contributed by atoms with Crippen LogP contribution < -0.4 is 0 Å². The molecule has 6 heteroatoms. The summed E-state index contributed by atoms with van der Waals surface area (Å²) in [5.74, 6) is 2.41. The fourth-order valence-corrected chi connectivity index (χ4v) is 3.40. The number of rotatable bonds is 10. The SMILES string of the molecule is C#CCOC[C@H](O)CN(Cc1ccccc1)C[C@@H]1CC(c2ccc(Cl)cc2)=NO1. The zero-order valence-electron chi connectivity index (χ0n) is 16.2. The monoisotopic (exact) mass is 412 g/mol. The summed E-state index contributed by atoms with van der Waals surface area (Å²) in [6.07, 6.45) is 5.18. The van der Waals surface area contributed by atoms with Gasteiger partial charge in [0.15, 0.2) is 0 Å². The number of oxime groups is 1. The fraction of sp³-hybridized carbons (Fsp3) is 0.348. The topological polar surface area (TPSA) is 54.3 Å². The molecule has 0 aliphatic carbocycles. The van der Waals surface area contributed by atoms with Crippen molar-refractivity contribution in [2.75, 3.05) is 26.3 Å². The van der Waals surface area contributed by atoms with Gasteiger partial charge in [-0.2, -0.15) is 0 Å². The molecule has 0 unspecified atom stereocenters. The Hall–Kier alpha value is -2.36. The van der Waals surface area contributed by atoms with Gasteiger partial charge in [-0.3, -0.25) is 4.90 Å². The molecule has 0 aromatic heterocycles. The molecule has 2 atom stereocenters. The summed E-state index contributed by atoms with van der Waals surface area (Å²) in [4.78, 5) is 7.83. The lowest BCUT2D eigenvalue weighted by molar-refractivity contribution is 0.00418. The van der Waals surface area contributed by atoms with Gasteiger partial charge >= 0.3 is 0 Å². The molecule has 1 aliphatic heterocycles. The second-order valence-corrected chi connectivity index (χ2v) is 7.47. The minimum absolute atomic E-state index is 0.0804. The van der Waals surface area contributed by atoms with Crippen LogP contribution in [0, 0.1) is 12.3 Å². The first-order valence-corrected chi connectivity index (χ1v) is 9.96. The molecule has 5 nitrogen and oxygen atoms in total. The highest BCUT2D eigenvalue weighted by atomic mass is 35.5. The van der Waals surface area contributed by atoms with E-state index in [1.165, 1.54) is 5.56 Å². The molecule has 0 spiro atoms. The lowest BCUT2D eigenvalue weighted by Gasteiger charge is -2.26. The second kappa shape index (κ2) is 11.0. The molecule has 0 amide bonds. The molecule has 0 radical (unpaired) electrons. The lowest BCUT2D eigenvalue weighted by Crippen LogP contribution is -2.39. The van der Waals surface area contributed by atoms with Crippen LogP contribution in [0.3, 0.4) is 0 Å². The van der Waals surface area contributed by atoms with Gasteiger partial charge in [-0.15, -0.1) is 6.42 Å². The number of aliphatic hydroxyl groups excluding tert-OH is 1. The predicted molar refractivity (Wildman–Crippen MR) is 115 cm³/mol. The Morgan fingerprint density at radius 3 is 2.72 bits per heavy atom. The van der Waals surface area contributed by atoms with Crippen LogP contribution in [0.25, 0.3) is 0 Å². The van der Waals surface area contributed by atoms with E-state index in [0.29, 0.717) is 31.1 Å². The van der Waals surface area contributed by atoms with Crippen LogP contribution in [-0.2, 0) is 16.1 Å². The number of ether oxygens (including phenoxy) is 1. The number of terminal acetylenes is 1. The van der Waals surface area contributed by atoms with Gasteiger partial charge in [-0.25, -0.2) is 0 Å². The molecule has 1 aliphatic rings. The number of nitrogens with zero attached hydrogens (tertiary/aromatic N) is 2. The first-order chi connectivity index (χ1) is 14.1. The molecule has 0 fully saturated rings. The molecule has 1 heterocycles. The Kier molecular flexibility index (Phi) is 8.09. The van der Waals surface area contributed by atoms with Crippen molar-refractivity contribution >= 4 is 17.3 Å². The Morgan fingerprint density at radius 2 is 2.00 bits per heavy atom. The van der Waals surface area contributed by atoms with Crippen molar-refractivity contribution < 1.29 is 14.7 Å². The van der Waals surface area contributed by atoms with E-state index in [1.54, 1.807) is 0 Å². The molecular formula is C23H25ClN2O3. The number of hydrogen-bond acceptors (Lipinski definition) is 5. The fourth-order valence-electron chi connectivity index (χ4n) is 3.28. The number of aliphatic hydroxyl groups is 1. The van der Waals surface area contributed by atoms with Crippen molar-refractivity contribution in [3.8, 4) is 12.3 Å². The van der Waals surface area contributed by atoms with Gasteiger partial charge in [-0.05, 0) is 23.3 Å². The van der Waals surface area contributed by atoms with Crippen LogP contribution in [-0.4, -0.2) is 54.2 Å². The quantitative estimate of drug-likeness (QED) is 0.480. The average Bonchev–Trinajstić information content (AvgIpc) is 3.18. The third-order valence-corrected chi connectivity index (χ3v) is 4.84. The van der Waals surface area contributed by atoms with Crippen LogP contribution in [0.1, 0.15) is 17.5 Å². The van der Waals surface area contributed by atoms with Gasteiger partial charge in [0.1, 0.15) is 12.7 Å². The van der Waals surface area contributed by atoms with Crippen molar-refractivity contribution in [2.24, 2.45) is 5.16 Å². The third kappa shape index (κ3) is 6.88. The van der Waals surface area contributed by atoms with Gasteiger partial charge < -0.3 is 14.7 Å². The first kappa shape index (κ1) is 21.4. The van der Waals surface area contributed by atoms with E-state index in [9.17, 15) is 5.11 Å².